The molecule has 0 atom stereocenters. The van der Waals surface area contributed by atoms with Crippen molar-refractivity contribution in [2.45, 2.75) is 25.9 Å². The number of likely N-dealkylation sites (tertiary alicyclic amines) is 1. The van der Waals surface area contributed by atoms with E-state index in [9.17, 15) is 13.2 Å². The first-order chi connectivity index (χ1) is 9.86. The molecule has 0 amide bonds. The largest absolute Gasteiger partial charge is 0.491 e. The summed E-state index contributed by atoms with van der Waals surface area (Å²) < 4.78 is 44.3. The highest BCUT2D eigenvalue weighted by molar-refractivity contribution is 9.10. The molecule has 1 heterocycles. The van der Waals surface area contributed by atoms with Gasteiger partial charge in [-0.25, -0.2) is 0 Å². The summed E-state index contributed by atoms with van der Waals surface area (Å²) in [6.07, 6.45) is -3.66. The Morgan fingerprint density at radius 2 is 1.95 bits per heavy atom. The van der Waals surface area contributed by atoms with Crippen molar-refractivity contribution in [1.82, 2.24) is 4.90 Å². The number of alkyl halides is 3. The zero-order chi connectivity index (χ0) is 15.5. The lowest BCUT2D eigenvalue weighted by Crippen LogP contribution is -2.40. The molecule has 0 unspecified atom stereocenters. The molecule has 1 aliphatic rings. The fourth-order valence-corrected chi connectivity index (χ4v) is 2.85. The van der Waals surface area contributed by atoms with Gasteiger partial charge in [-0.05, 0) is 66.5 Å². The van der Waals surface area contributed by atoms with Crippen LogP contribution in [-0.4, -0.2) is 37.3 Å². The SMILES string of the molecule is Cc1ccc(Br)c(OCCN2CCC(C(F)(F)F)CC2)c1. The van der Waals surface area contributed by atoms with Gasteiger partial charge in [0.1, 0.15) is 12.4 Å². The second-order valence-electron chi connectivity index (χ2n) is 5.44. The van der Waals surface area contributed by atoms with E-state index in [2.05, 4.69) is 15.9 Å². The molecule has 21 heavy (non-hydrogen) atoms. The Balaban J connectivity index is 1.74. The van der Waals surface area contributed by atoms with Gasteiger partial charge in [0.2, 0.25) is 0 Å². The van der Waals surface area contributed by atoms with Crippen molar-refractivity contribution in [2.24, 2.45) is 5.92 Å². The molecule has 0 N–H and O–H groups in total. The highest BCUT2D eigenvalue weighted by atomic mass is 79.9. The second kappa shape index (κ2) is 7.01. The number of ether oxygens (including phenoxy) is 1. The highest BCUT2D eigenvalue weighted by Crippen LogP contribution is 2.34. The lowest BCUT2D eigenvalue weighted by molar-refractivity contribution is -0.185. The van der Waals surface area contributed by atoms with Crippen LogP contribution in [0.15, 0.2) is 22.7 Å². The third-order valence-corrected chi connectivity index (χ3v) is 4.46. The van der Waals surface area contributed by atoms with Crippen molar-refractivity contribution in [2.75, 3.05) is 26.2 Å². The first-order valence-corrected chi connectivity index (χ1v) is 7.83. The second-order valence-corrected chi connectivity index (χ2v) is 6.29. The molecule has 6 heteroatoms. The standard InChI is InChI=1S/C15H19BrF3NO/c1-11-2-3-13(16)14(10-11)21-9-8-20-6-4-12(5-7-20)15(17,18)19/h2-3,10,12H,4-9H2,1H3. The van der Waals surface area contributed by atoms with Gasteiger partial charge in [-0.1, -0.05) is 6.07 Å². The Kier molecular flexibility index (Phi) is 5.54. The highest BCUT2D eigenvalue weighted by Gasteiger charge is 2.40. The molecule has 1 aromatic carbocycles. The average molecular weight is 366 g/mol. The molecule has 0 spiro atoms. The molecule has 2 nitrogen and oxygen atoms in total. The molecule has 0 bridgehead atoms. The molecular weight excluding hydrogens is 347 g/mol. The maximum Gasteiger partial charge on any atom is 0.391 e. The van der Waals surface area contributed by atoms with Crippen LogP contribution in [0.25, 0.3) is 0 Å². The van der Waals surface area contributed by atoms with Crippen LogP contribution in [0.2, 0.25) is 0 Å². The molecule has 1 aliphatic heterocycles. The molecule has 1 saturated heterocycles. The normalized spacial score (nSPS) is 18.0. The van der Waals surface area contributed by atoms with Crippen molar-refractivity contribution in [3.05, 3.63) is 28.2 Å². The Morgan fingerprint density at radius 3 is 2.57 bits per heavy atom. The summed E-state index contributed by atoms with van der Waals surface area (Å²) in [5.74, 6) is -0.360. The van der Waals surface area contributed by atoms with E-state index in [1.165, 1.54) is 0 Å². The molecule has 118 valence electrons. The summed E-state index contributed by atoms with van der Waals surface area (Å²) in [6.45, 7) is 4.11. The van der Waals surface area contributed by atoms with E-state index >= 15 is 0 Å². The van der Waals surface area contributed by atoms with E-state index < -0.39 is 12.1 Å². The molecule has 0 aromatic heterocycles. The topological polar surface area (TPSA) is 12.5 Å². The minimum atomic E-state index is -4.05. The first-order valence-electron chi connectivity index (χ1n) is 7.04. The van der Waals surface area contributed by atoms with Crippen LogP contribution in [0.5, 0.6) is 5.75 Å². The van der Waals surface area contributed by atoms with Crippen LogP contribution >= 0.6 is 15.9 Å². The minimum absolute atomic E-state index is 0.192. The number of piperidine rings is 1. The molecular formula is C15H19BrF3NO. The fourth-order valence-electron chi connectivity index (χ4n) is 2.49. The molecule has 1 aromatic rings. The molecule has 0 saturated carbocycles. The molecule has 1 fully saturated rings. The van der Waals surface area contributed by atoms with Gasteiger partial charge in [-0.15, -0.1) is 0 Å². The zero-order valence-electron chi connectivity index (χ0n) is 11.9. The van der Waals surface area contributed by atoms with E-state index in [-0.39, 0.29) is 12.8 Å². The number of nitrogens with zero attached hydrogens (tertiary/aromatic N) is 1. The van der Waals surface area contributed by atoms with Gasteiger partial charge >= 0.3 is 6.18 Å². The fraction of sp³-hybridized carbons (Fsp3) is 0.600. The molecule has 0 aliphatic carbocycles. The first kappa shape index (κ1) is 16.6. The molecule has 0 radical (unpaired) electrons. The summed E-state index contributed by atoms with van der Waals surface area (Å²) in [5, 5.41) is 0. The van der Waals surface area contributed by atoms with Crippen molar-refractivity contribution in [1.29, 1.82) is 0 Å². The van der Waals surface area contributed by atoms with Crippen LogP contribution in [0.1, 0.15) is 18.4 Å². The quantitative estimate of drug-likeness (QED) is 0.783. The summed E-state index contributed by atoms with van der Waals surface area (Å²) in [5.41, 5.74) is 1.11. The smallest absolute Gasteiger partial charge is 0.391 e. The van der Waals surface area contributed by atoms with Gasteiger partial charge in [-0.3, -0.25) is 4.90 Å². The average Bonchev–Trinajstić information content (AvgIpc) is 2.42. The van der Waals surface area contributed by atoms with Gasteiger partial charge in [0, 0.05) is 6.54 Å². The number of hydrogen-bond acceptors (Lipinski definition) is 2. The molecule has 2 rings (SSSR count). The Bertz CT molecular complexity index is 470. The van der Waals surface area contributed by atoms with Crippen molar-refractivity contribution in [3.8, 4) is 5.75 Å². The van der Waals surface area contributed by atoms with Gasteiger partial charge in [0.25, 0.3) is 0 Å². The minimum Gasteiger partial charge on any atom is -0.491 e. The van der Waals surface area contributed by atoms with Crippen LogP contribution in [0.3, 0.4) is 0 Å². The van der Waals surface area contributed by atoms with Crippen molar-refractivity contribution in [3.63, 3.8) is 0 Å². The number of hydrogen-bond donors (Lipinski definition) is 0. The van der Waals surface area contributed by atoms with Gasteiger partial charge in [-0.2, -0.15) is 13.2 Å². The summed E-state index contributed by atoms with van der Waals surface area (Å²) in [6, 6.07) is 5.86. The van der Waals surface area contributed by atoms with Crippen LogP contribution < -0.4 is 4.74 Å². The summed E-state index contributed by atoms with van der Waals surface area (Å²) in [4.78, 5) is 2.03. The predicted octanol–water partition coefficient (Wildman–Crippen LogP) is 4.41. The van der Waals surface area contributed by atoms with E-state index in [0.29, 0.717) is 26.2 Å². The third kappa shape index (κ3) is 4.88. The number of aryl methyl sites for hydroxylation is 1. The van der Waals surface area contributed by atoms with E-state index in [1.807, 2.05) is 30.0 Å². The van der Waals surface area contributed by atoms with Crippen LogP contribution in [0, 0.1) is 12.8 Å². The van der Waals surface area contributed by atoms with Gasteiger partial charge in [0.15, 0.2) is 0 Å². The van der Waals surface area contributed by atoms with Crippen LogP contribution in [-0.2, 0) is 0 Å². The maximum absolute atomic E-state index is 12.6. The monoisotopic (exact) mass is 365 g/mol. The van der Waals surface area contributed by atoms with E-state index in [4.69, 9.17) is 4.74 Å². The Labute approximate surface area is 131 Å². The Hall–Kier alpha value is -0.750. The van der Waals surface area contributed by atoms with Gasteiger partial charge < -0.3 is 4.74 Å². The zero-order valence-corrected chi connectivity index (χ0v) is 13.5. The summed E-state index contributed by atoms with van der Waals surface area (Å²) >= 11 is 3.42. The summed E-state index contributed by atoms with van der Waals surface area (Å²) in [7, 11) is 0. The van der Waals surface area contributed by atoms with Crippen LogP contribution in [0.4, 0.5) is 13.2 Å². The van der Waals surface area contributed by atoms with Crippen molar-refractivity contribution < 1.29 is 17.9 Å². The number of benzene rings is 1. The third-order valence-electron chi connectivity index (χ3n) is 3.80. The predicted molar refractivity (Wildman–Crippen MR) is 79.6 cm³/mol. The van der Waals surface area contributed by atoms with Gasteiger partial charge in [0.05, 0.1) is 10.4 Å². The lowest BCUT2D eigenvalue weighted by atomic mass is 9.96. The number of halogens is 4. The van der Waals surface area contributed by atoms with E-state index in [1.54, 1.807) is 0 Å². The lowest BCUT2D eigenvalue weighted by Gasteiger charge is -2.32. The number of rotatable bonds is 4. The Morgan fingerprint density at radius 1 is 1.29 bits per heavy atom. The van der Waals surface area contributed by atoms with E-state index in [0.717, 1.165) is 15.8 Å². The van der Waals surface area contributed by atoms with Crippen molar-refractivity contribution >= 4 is 15.9 Å². The maximum atomic E-state index is 12.6.